The Bertz CT molecular complexity index is 1370. The van der Waals surface area contributed by atoms with Crippen molar-refractivity contribution in [2.24, 2.45) is 5.73 Å². The molecule has 2 N–H and O–H groups in total. The highest BCUT2D eigenvalue weighted by Gasteiger charge is 2.29. The maximum Gasteiger partial charge on any atom is 0.410 e. The van der Waals surface area contributed by atoms with Crippen LogP contribution in [0, 0.1) is 11.6 Å². The number of primary amides is 1. The van der Waals surface area contributed by atoms with E-state index in [1.807, 2.05) is 39.0 Å². The number of hydrogen-bond acceptors (Lipinski definition) is 5. The van der Waals surface area contributed by atoms with Crippen LogP contribution in [0.5, 0.6) is 0 Å². The smallest absolute Gasteiger partial charge is 0.410 e. The summed E-state index contributed by atoms with van der Waals surface area (Å²) in [4.78, 5) is 29.0. The molecule has 3 aromatic rings. The summed E-state index contributed by atoms with van der Waals surface area (Å²) in [5, 5.41) is 0. The molecule has 0 spiro atoms. The first-order valence-corrected chi connectivity index (χ1v) is 14.1. The number of ether oxygens (including phenoxy) is 2. The number of hydrogen-bond donors (Lipinski definition) is 1. The van der Waals surface area contributed by atoms with Crippen molar-refractivity contribution in [3.8, 4) is 0 Å². The van der Waals surface area contributed by atoms with Crippen LogP contribution in [0.1, 0.15) is 54.7 Å². The molecule has 1 aliphatic heterocycles. The molecule has 9 heteroatoms. The molecule has 3 aromatic carbocycles. The molecule has 2 unspecified atom stereocenters. The van der Waals surface area contributed by atoms with Crippen molar-refractivity contribution in [1.82, 2.24) is 9.80 Å². The van der Waals surface area contributed by atoms with Gasteiger partial charge in [0.2, 0.25) is 0 Å². The van der Waals surface area contributed by atoms with E-state index in [1.54, 1.807) is 35.2 Å². The normalized spacial score (nSPS) is 16.0. The summed E-state index contributed by atoms with van der Waals surface area (Å²) >= 11 is 0. The monoisotopic (exact) mass is 579 g/mol. The molecule has 0 saturated carbocycles. The Balaban J connectivity index is 1.54. The quantitative estimate of drug-likeness (QED) is 0.341. The van der Waals surface area contributed by atoms with Gasteiger partial charge in [0.05, 0.1) is 0 Å². The number of nitrogens with zero attached hydrogens (tertiary/aromatic N) is 2. The van der Waals surface area contributed by atoms with Crippen LogP contribution in [0.25, 0.3) is 0 Å². The van der Waals surface area contributed by atoms with Gasteiger partial charge in [-0.1, -0.05) is 42.5 Å². The minimum absolute atomic E-state index is 0.0318. The van der Waals surface area contributed by atoms with Gasteiger partial charge in [0, 0.05) is 39.3 Å². The zero-order valence-corrected chi connectivity index (χ0v) is 24.6. The summed E-state index contributed by atoms with van der Waals surface area (Å²) in [5.74, 6) is -1.14. The van der Waals surface area contributed by atoms with Crippen LogP contribution in [0.15, 0.2) is 66.7 Å². The predicted octanol–water partition coefficient (Wildman–Crippen LogP) is 5.54. The summed E-state index contributed by atoms with van der Waals surface area (Å²) in [6.07, 6.45) is 0.00589. The SMILES string of the molecule is COC(C(N)=O)c1ccc(CN(CCN2Cc3ccc(F)cc3CC2Cc2ccc(F)cc2)C(=O)OC(C)(C)C)cc1. The van der Waals surface area contributed by atoms with Crippen molar-refractivity contribution in [1.29, 1.82) is 0 Å². The molecule has 0 aromatic heterocycles. The number of nitrogens with two attached hydrogens (primary N) is 1. The second kappa shape index (κ2) is 13.4. The lowest BCUT2D eigenvalue weighted by atomic mass is 9.90. The van der Waals surface area contributed by atoms with Gasteiger partial charge in [0.25, 0.3) is 5.91 Å². The third-order valence-corrected chi connectivity index (χ3v) is 7.36. The van der Waals surface area contributed by atoms with Crippen LogP contribution < -0.4 is 5.73 Å². The van der Waals surface area contributed by atoms with E-state index < -0.39 is 23.7 Å². The van der Waals surface area contributed by atoms with Crippen LogP contribution in [-0.4, -0.2) is 53.6 Å². The van der Waals surface area contributed by atoms with Crippen LogP contribution in [0.4, 0.5) is 13.6 Å². The maximum absolute atomic E-state index is 14.1. The fraction of sp³-hybridized carbons (Fsp3) is 0.394. The Morgan fingerprint density at radius 1 is 0.976 bits per heavy atom. The van der Waals surface area contributed by atoms with E-state index in [0.29, 0.717) is 44.6 Å². The molecule has 224 valence electrons. The Morgan fingerprint density at radius 2 is 1.62 bits per heavy atom. The molecule has 1 aliphatic rings. The average Bonchev–Trinajstić information content (AvgIpc) is 2.92. The number of fused-ring (bicyclic) bond motifs is 1. The van der Waals surface area contributed by atoms with Gasteiger partial charge in [-0.15, -0.1) is 0 Å². The molecule has 7 nitrogen and oxygen atoms in total. The van der Waals surface area contributed by atoms with E-state index in [1.165, 1.54) is 25.3 Å². The van der Waals surface area contributed by atoms with E-state index >= 15 is 0 Å². The van der Waals surface area contributed by atoms with Gasteiger partial charge >= 0.3 is 6.09 Å². The first-order valence-electron chi connectivity index (χ1n) is 14.1. The molecule has 0 bridgehead atoms. The lowest BCUT2D eigenvalue weighted by molar-refractivity contribution is -0.128. The first kappa shape index (κ1) is 31.1. The van der Waals surface area contributed by atoms with E-state index in [4.69, 9.17) is 15.2 Å². The molecular formula is C33H39F2N3O4. The number of halogens is 2. The molecular weight excluding hydrogens is 540 g/mol. The van der Waals surface area contributed by atoms with Gasteiger partial charge < -0.3 is 20.1 Å². The van der Waals surface area contributed by atoms with Crippen molar-refractivity contribution < 1.29 is 27.8 Å². The molecule has 2 amide bonds. The highest BCUT2D eigenvalue weighted by atomic mass is 19.1. The Hall–Kier alpha value is -3.82. The number of carbonyl (C=O) groups excluding carboxylic acids is 2. The number of carbonyl (C=O) groups is 2. The maximum atomic E-state index is 14.1. The molecule has 0 saturated heterocycles. The number of amides is 2. The zero-order valence-electron chi connectivity index (χ0n) is 24.6. The Morgan fingerprint density at radius 3 is 2.24 bits per heavy atom. The van der Waals surface area contributed by atoms with E-state index in [0.717, 1.165) is 22.3 Å². The molecule has 1 heterocycles. The highest BCUT2D eigenvalue weighted by Crippen LogP contribution is 2.27. The van der Waals surface area contributed by atoms with Crippen LogP contribution in [0.2, 0.25) is 0 Å². The second-order valence-electron chi connectivity index (χ2n) is 11.7. The number of methoxy groups -OCH3 is 1. The molecule has 42 heavy (non-hydrogen) atoms. The third-order valence-electron chi connectivity index (χ3n) is 7.36. The average molecular weight is 580 g/mol. The molecule has 4 rings (SSSR count). The van der Waals surface area contributed by atoms with Gasteiger partial charge in [0.15, 0.2) is 6.10 Å². The van der Waals surface area contributed by atoms with E-state index in [-0.39, 0.29) is 17.7 Å². The summed E-state index contributed by atoms with van der Waals surface area (Å²) in [7, 11) is 1.42. The standard InChI is InChI=1S/C33H39F2N3O4/c1-33(2,3)42-32(40)38(20-23-5-9-24(10-6-23)30(41-4)31(36)39)16-15-37-21-25-11-14-28(35)18-26(25)19-29(37)17-22-7-12-27(34)13-8-22/h5-14,18,29-30H,15-17,19-21H2,1-4H3,(H2,36,39). The lowest BCUT2D eigenvalue weighted by Gasteiger charge is -2.38. The fourth-order valence-corrected chi connectivity index (χ4v) is 5.27. The van der Waals surface area contributed by atoms with Crippen LogP contribution in [0.3, 0.4) is 0 Å². The third kappa shape index (κ3) is 8.36. The Kier molecular flexibility index (Phi) is 9.96. The van der Waals surface area contributed by atoms with Gasteiger partial charge in [-0.3, -0.25) is 9.69 Å². The molecule has 0 fully saturated rings. The Labute approximate surface area is 246 Å². The minimum Gasteiger partial charge on any atom is -0.444 e. The number of rotatable bonds is 10. The van der Waals surface area contributed by atoms with Gasteiger partial charge in [0.1, 0.15) is 17.2 Å². The predicted molar refractivity (Wildman–Crippen MR) is 156 cm³/mol. The number of benzene rings is 3. The van der Waals surface area contributed by atoms with Crippen molar-refractivity contribution in [3.05, 3.63) is 106 Å². The van der Waals surface area contributed by atoms with Crippen LogP contribution >= 0.6 is 0 Å². The van der Waals surface area contributed by atoms with Crippen LogP contribution in [-0.2, 0) is 40.2 Å². The first-order chi connectivity index (χ1) is 19.9. The molecule has 0 radical (unpaired) electrons. The van der Waals surface area contributed by atoms with Crippen molar-refractivity contribution in [2.75, 3.05) is 20.2 Å². The summed E-state index contributed by atoms with van der Waals surface area (Å²) in [5.41, 5.74) is 9.25. The zero-order chi connectivity index (χ0) is 30.4. The second-order valence-corrected chi connectivity index (χ2v) is 11.7. The van der Waals surface area contributed by atoms with Crippen molar-refractivity contribution in [3.63, 3.8) is 0 Å². The van der Waals surface area contributed by atoms with Crippen molar-refractivity contribution >= 4 is 12.0 Å². The largest absolute Gasteiger partial charge is 0.444 e. The van der Waals surface area contributed by atoms with Gasteiger partial charge in [-0.2, -0.15) is 0 Å². The van der Waals surface area contributed by atoms with Gasteiger partial charge in [-0.25, -0.2) is 13.6 Å². The van der Waals surface area contributed by atoms with E-state index in [9.17, 15) is 18.4 Å². The summed E-state index contributed by atoms with van der Waals surface area (Å²) < 4.78 is 38.6. The molecule has 0 aliphatic carbocycles. The topological polar surface area (TPSA) is 85.1 Å². The van der Waals surface area contributed by atoms with E-state index in [2.05, 4.69) is 4.90 Å². The summed E-state index contributed by atoms with van der Waals surface area (Å²) in [6.45, 7) is 7.30. The molecule has 2 atom stereocenters. The fourth-order valence-electron chi connectivity index (χ4n) is 5.27. The summed E-state index contributed by atoms with van der Waals surface area (Å²) in [6, 6.07) is 18.6. The van der Waals surface area contributed by atoms with Crippen molar-refractivity contribution in [2.45, 2.75) is 64.4 Å². The highest BCUT2D eigenvalue weighted by molar-refractivity contribution is 5.80. The minimum atomic E-state index is -0.852. The lowest BCUT2D eigenvalue weighted by Crippen LogP contribution is -2.47. The van der Waals surface area contributed by atoms with Gasteiger partial charge in [-0.05, 0) is 85.7 Å².